The van der Waals surface area contributed by atoms with Crippen LogP contribution < -0.4 is 5.43 Å². The quantitative estimate of drug-likeness (QED) is 0.723. The van der Waals surface area contributed by atoms with Crippen LogP contribution in [0.5, 0.6) is 0 Å². The molecular weight excluding hydrogens is 250 g/mol. The van der Waals surface area contributed by atoms with Crippen LogP contribution in [0.1, 0.15) is 16.8 Å². The minimum atomic E-state index is -4.64. The maximum Gasteiger partial charge on any atom is 0.431 e. The number of H-pyrrole nitrogens is 1. The Hall–Kier alpha value is -1.85. The van der Waals surface area contributed by atoms with E-state index in [1.54, 1.807) is 0 Å². The molecule has 0 spiro atoms. The number of alkyl halides is 3. The topological polar surface area (TPSA) is 32.9 Å². The Morgan fingerprint density at radius 3 is 2.33 bits per heavy atom. The van der Waals surface area contributed by atoms with E-state index in [9.17, 15) is 22.4 Å². The van der Waals surface area contributed by atoms with Gasteiger partial charge in [-0.2, -0.15) is 13.2 Å². The first-order chi connectivity index (χ1) is 8.21. The van der Waals surface area contributed by atoms with E-state index in [-0.39, 0.29) is 16.5 Å². The van der Waals surface area contributed by atoms with Gasteiger partial charge in [-0.1, -0.05) is 0 Å². The molecule has 0 radical (unpaired) electrons. The minimum absolute atomic E-state index is 0.0133. The third-order valence-electron chi connectivity index (χ3n) is 2.79. The van der Waals surface area contributed by atoms with Gasteiger partial charge < -0.3 is 4.98 Å². The molecule has 2 nitrogen and oxygen atoms in total. The first kappa shape index (κ1) is 12.6. The van der Waals surface area contributed by atoms with Crippen LogP contribution in [0.2, 0.25) is 0 Å². The van der Waals surface area contributed by atoms with Crippen LogP contribution in [0.3, 0.4) is 0 Å². The second kappa shape index (κ2) is 3.83. The van der Waals surface area contributed by atoms with Crippen molar-refractivity contribution in [2.45, 2.75) is 20.0 Å². The molecule has 18 heavy (non-hydrogen) atoms. The van der Waals surface area contributed by atoms with Crippen molar-refractivity contribution in [1.82, 2.24) is 4.98 Å². The molecule has 96 valence electrons. The van der Waals surface area contributed by atoms with Gasteiger partial charge in [0.1, 0.15) is 11.5 Å². The predicted molar refractivity (Wildman–Crippen MR) is 59.0 cm³/mol. The fourth-order valence-electron chi connectivity index (χ4n) is 1.91. The van der Waals surface area contributed by atoms with Gasteiger partial charge in [0.15, 0.2) is 5.43 Å². The average molecular weight is 259 g/mol. The van der Waals surface area contributed by atoms with Gasteiger partial charge in [0, 0.05) is 10.9 Å². The molecule has 0 unspecified atom stereocenters. The lowest BCUT2D eigenvalue weighted by Crippen LogP contribution is -2.19. The summed E-state index contributed by atoms with van der Waals surface area (Å²) in [7, 11) is 0. The first-order valence-electron chi connectivity index (χ1n) is 5.11. The maximum atomic E-state index is 13.2. The van der Waals surface area contributed by atoms with Crippen molar-refractivity contribution in [3.63, 3.8) is 0 Å². The highest BCUT2D eigenvalue weighted by atomic mass is 19.4. The number of aromatic nitrogens is 1. The third-order valence-corrected chi connectivity index (χ3v) is 2.79. The van der Waals surface area contributed by atoms with Crippen LogP contribution in [0.4, 0.5) is 17.6 Å². The molecule has 0 aliphatic heterocycles. The van der Waals surface area contributed by atoms with Crippen molar-refractivity contribution < 1.29 is 17.6 Å². The molecule has 1 aromatic carbocycles. The van der Waals surface area contributed by atoms with Crippen LogP contribution in [0, 0.1) is 19.7 Å². The number of rotatable bonds is 0. The number of hydrogen-bond donors (Lipinski definition) is 1. The fourth-order valence-corrected chi connectivity index (χ4v) is 1.91. The molecule has 1 heterocycles. The van der Waals surface area contributed by atoms with E-state index in [2.05, 4.69) is 4.98 Å². The van der Waals surface area contributed by atoms with Crippen molar-refractivity contribution in [3.05, 3.63) is 45.0 Å². The molecule has 0 aliphatic carbocycles. The van der Waals surface area contributed by atoms with E-state index >= 15 is 0 Å². The van der Waals surface area contributed by atoms with E-state index in [0.29, 0.717) is 0 Å². The summed E-state index contributed by atoms with van der Waals surface area (Å²) in [6, 6.07) is 2.02. The van der Waals surface area contributed by atoms with E-state index in [1.807, 2.05) is 0 Å². The zero-order chi connectivity index (χ0) is 13.7. The van der Waals surface area contributed by atoms with Gasteiger partial charge in [-0.25, -0.2) is 4.39 Å². The Morgan fingerprint density at radius 2 is 1.78 bits per heavy atom. The Bertz CT molecular complexity index is 685. The van der Waals surface area contributed by atoms with Crippen molar-refractivity contribution in [2.24, 2.45) is 0 Å². The number of hydrogen-bond acceptors (Lipinski definition) is 1. The number of nitrogens with one attached hydrogen (secondary N) is 1. The van der Waals surface area contributed by atoms with Gasteiger partial charge in [-0.05, 0) is 31.5 Å². The average Bonchev–Trinajstić information content (AvgIpc) is 2.22. The second-order valence-electron chi connectivity index (χ2n) is 4.10. The van der Waals surface area contributed by atoms with E-state index in [1.165, 1.54) is 6.92 Å². The standard InChI is InChI=1S/C12H9F4NO/c1-5-3-7(13)4-8-9(5)17-11(12(14,15)16)6(2)10(8)18/h3-4H,1-2H3,(H,17,18). The SMILES string of the molecule is Cc1c(C(F)(F)F)[nH]c2c(C)cc(F)cc2c1=O. The number of aromatic amines is 1. The zero-order valence-corrected chi connectivity index (χ0v) is 9.57. The Balaban J connectivity index is 2.98. The summed E-state index contributed by atoms with van der Waals surface area (Å²) in [5, 5.41) is -0.0713. The number of fused-ring (bicyclic) bond motifs is 1. The van der Waals surface area contributed by atoms with Crippen LogP contribution in [-0.2, 0) is 6.18 Å². The lowest BCUT2D eigenvalue weighted by Gasteiger charge is -2.12. The lowest BCUT2D eigenvalue weighted by atomic mass is 10.1. The molecule has 2 rings (SSSR count). The van der Waals surface area contributed by atoms with Crippen molar-refractivity contribution in [1.29, 1.82) is 0 Å². The molecule has 0 bridgehead atoms. The van der Waals surface area contributed by atoms with Gasteiger partial charge in [0.2, 0.25) is 0 Å². The molecule has 0 atom stereocenters. The summed E-state index contributed by atoms with van der Waals surface area (Å²) in [5.74, 6) is -0.648. The number of halogens is 4. The van der Waals surface area contributed by atoms with Crippen molar-refractivity contribution in [3.8, 4) is 0 Å². The molecule has 0 amide bonds. The summed E-state index contributed by atoms with van der Waals surface area (Å²) in [4.78, 5) is 14.0. The van der Waals surface area contributed by atoms with E-state index < -0.39 is 28.7 Å². The Labute approximate surface area is 99.3 Å². The smallest absolute Gasteiger partial charge is 0.350 e. The predicted octanol–water partition coefficient (Wildman–Crippen LogP) is 3.30. The molecule has 6 heteroatoms. The Kier molecular flexibility index (Phi) is 2.68. The summed E-state index contributed by atoms with van der Waals surface area (Å²) < 4.78 is 51.3. The van der Waals surface area contributed by atoms with Crippen LogP contribution in [0.15, 0.2) is 16.9 Å². The summed E-state index contributed by atoms with van der Waals surface area (Å²) in [6.45, 7) is 2.51. The van der Waals surface area contributed by atoms with Crippen molar-refractivity contribution in [2.75, 3.05) is 0 Å². The van der Waals surface area contributed by atoms with E-state index in [4.69, 9.17) is 0 Å². The lowest BCUT2D eigenvalue weighted by molar-refractivity contribution is -0.141. The third kappa shape index (κ3) is 1.87. The second-order valence-corrected chi connectivity index (χ2v) is 4.10. The molecule has 0 fully saturated rings. The van der Waals surface area contributed by atoms with Crippen molar-refractivity contribution >= 4 is 10.9 Å². The summed E-state index contributed by atoms with van der Waals surface area (Å²) in [6.07, 6.45) is -4.64. The van der Waals surface area contributed by atoms with Gasteiger partial charge in [0.25, 0.3) is 0 Å². The van der Waals surface area contributed by atoms with E-state index in [0.717, 1.165) is 19.1 Å². The molecule has 0 saturated heterocycles. The minimum Gasteiger partial charge on any atom is -0.350 e. The molecular formula is C12H9F4NO. The van der Waals surface area contributed by atoms with Gasteiger partial charge in [-0.3, -0.25) is 4.79 Å². The number of benzene rings is 1. The molecule has 0 saturated carbocycles. The largest absolute Gasteiger partial charge is 0.431 e. The zero-order valence-electron chi connectivity index (χ0n) is 9.57. The molecule has 1 aromatic heterocycles. The molecule has 2 aromatic rings. The van der Waals surface area contributed by atoms with Gasteiger partial charge >= 0.3 is 6.18 Å². The van der Waals surface area contributed by atoms with Crippen LogP contribution in [-0.4, -0.2) is 4.98 Å². The summed E-state index contributed by atoms with van der Waals surface area (Å²) >= 11 is 0. The molecule has 0 aliphatic rings. The number of aryl methyl sites for hydroxylation is 1. The molecule has 1 N–H and O–H groups in total. The fraction of sp³-hybridized carbons (Fsp3) is 0.250. The van der Waals surface area contributed by atoms with Gasteiger partial charge in [0.05, 0.1) is 5.52 Å². The Morgan fingerprint density at radius 1 is 1.17 bits per heavy atom. The maximum absolute atomic E-state index is 13.2. The van der Waals surface area contributed by atoms with Crippen LogP contribution >= 0.6 is 0 Å². The van der Waals surface area contributed by atoms with Crippen LogP contribution in [0.25, 0.3) is 10.9 Å². The summed E-state index contributed by atoms with van der Waals surface area (Å²) in [5.41, 5.74) is -2.08. The monoisotopic (exact) mass is 259 g/mol. The highest BCUT2D eigenvalue weighted by Gasteiger charge is 2.35. The highest BCUT2D eigenvalue weighted by Crippen LogP contribution is 2.30. The normalized spacial score (nSPS) is 12.1. The number of pyridine rings is 1. The first-order valence-corrected chi connectivity index (χ1v) is 5.11. The highest BCUT2D eigenvalue weighted by molar-refractivity contribution is 5.82. The van der Waals surface area contributed by atoms with Gasteiger partial charge in [-0.15, -0.1) is 0 Å².